The summed E-state index contributed by atoms with van der Waals surface area (Å²) in [4.78, 5) is 3.06. The molecule has 0 aliphatic heterocycles. The van der Waals surface area contributed by atoms with Gasteiger partial charge in [0.15, 0.2) is 0 Å². The summed E-state index contributed by atoms with van der Waals surface area (Å²) in [7, 11) is -4.06. The summed E-state index contributed by atoms with van der Waals surface area (Å²) in [5.41, 5.74) is -0.310. The van der Waals surface area contributed by atoms with Gasteiger partial charge in [0.05, 0.1) is 17.4 Å². The van der Waals surface area contributed by atoms with E-state index in [1.54, 1.807) is 6.07 Å². The van der Waals surface area contributed by atoms with Crippen LogP contribution < -0.4 is 4.72 Å². The molecule has 1 heterocycles. The molecule has 0 atom stereocenters. The molecule has 0 unspecified atom stereocenters. The lowest BCUT2D eigenvalue weighted by Crippen LogP contribution is -2.13. The molecule has 0 aliphatic rings. The van der Waals surface area contributed by atoms with E-state index in [2.05, 4.69) is 9.71 Å². The fourth-order valence-electron chi connectivity index (χ4n) is 1.43. The summed E-state index contributed by atoms with van der Waals surface area (Å²) in [6.07, 6.45) is 1.84. The number of nitrogens with one attached hydrogen (secondary N) is 1. The summed E-state index contributed by atoms with van der Waals surface area (Å²) in [6, 6.07) is 5.54. The average Bonchev–Trinajstić information content (AvgIpc) is 2.40. The fraction of sp³-hybridized carbons (Fsp3) is 0. The molecule has 5 nitrogen and oxygen atoms in total. The van der Waals surface area contributed by atoms with Crippen molar-refractivity contribution in [1.29, 1.82) is 5.26 Å². The topological polar surface area (TPSA) is 82.9 Å². The Balaban J connectivity index is 2.36. The summed E-state index contributed by atoms with van der Waals surface area (Å²) in [5.74, 6) is -1.56. The van der Waals surface area contributed by atoms with Gasteiger partial charge in [0.25, 0.3) is 10.0 Å². The predicted molar refractivity (Wildman–Crippen MR) is 66.1 cm³/mol. The first-order chi connectivity index (χ1) is 9.42. The molecule has 0 saturated carbocycles. The van der Waals surface area contributed by atoms with Crippen molar-refractivity contribution in [2.75, 3.05) is 4.72 Å². The molecule has 8 heteroatoms. The normalized spacial score (nSPS) is 10.8. The third kappa shape index (κ3) is 2.89. The molecule has 0 saturated heterocycles. The van der Waals surface area contributed by atoms with Gasteiger partial charge in [0.2, 0.25) is 0 Å². The molecule has 2 rings (SSSR count). The smallest absolute Gasteiger partial charge is 0.263 e. The highest BCUT2D eigenvalue weighted by atomic mass is 32.2. The molecular formula is C12H7F2N3O2S. The number of rotatable bonds is 3. The van der Waals surface area contributed by atoms with E-state index in [4.69, 9.17) is 5.26 Å². The van der Waals surface area contributed by atoms with E-state index in [0.717, 1.165) is 36.7 Å². The Hall–Kier alpha value is -2.53. The van der Waals surface area contributed by atoms with Crippen molar-refractivity contribution in [3.8, 4) is 6.07 Å². The van der Waals surface area contributed by atoms with Gasteiger partial charge in [0.1, 0.15) is 22.6 Å². The highest BCUT2D eigenvalue weighted by molar-refractivity contribution is 7.92. The number of sulfonamides is 1. The van der Waals surface area contributed by atoms with Crippen LogP contribution in [0.25, 0.3) is 0 Å². The second-order valence-corrected chi connectivity index (χ2v) is 5.43. The Morgan fingerprint density at radius 2 is 1.95 bits per heavy atom. The maximum atomic E-state index is 13.1. The van der Waals surface area contributed by atoms with Gasteiger partial charge in [-0.25, -0.2) is 17.2 Å². The quantitative estimate of drug-likeness (QED) is 0.939. The molecule has 0 radical (unpaired) electrons. The van der Waals surface area contributed by atoms with Crippen LogP contribution >= 0.6 is 0 Å². The zero-order chi connectivity index (χ0) is 14.8. The monoisotopic (exact) mass is 295 g/mol. The SMILES string of the molecule is N#Cc1cc(NS(=O)(=O)c2cncc(F)c2)ccc1F. The molecule has 0 bridgehead atoms. The predicted octanol–water partition coefficient (Wildman–Crippen LogP) is 2.03. The van der Waals surface area contributed by atoms with Crippen molar-refractivity contribution in [2.45, 2.75) is 4.90 Å². The van der Waals surface area contributed by atoms with E-state index in [-0.39, 0.29) is 16.1 Å². The van der Waals surface area contributed by atoms with Gasteiger partial charge in [0, 0.05) is 6.20 Å². The highest BCUT2D eigenvalue weighted by Gasteiger charge is 2.16. The zero-order valence-corrected chi connectivity index (χ0v) is 10.7. The van der Waals surface area contributed by atoms with Crippen LogP contribution in [-0.2, 0) is 10.0 Å². The Labute approximate surface area is 113 Å². The average molecular weight is 295 g/mol. The Morgan fingerprint density at radius 1 is 1.20 bits per heavy atom. The fourth-order valence-corrected chi connectivity index (χ4v) is 2.45. The number of benzene rings is 1. The van der Waals surface area contributed by atoms with E-state index in [1.165, 1.54) is 0 Å². The zero-order valence-electron chi connectivity index (χ0n) is 9.84. The van der Waals surface area contributed by atoms with Gasteiger partial charge in [-0.05, 0) is 24.3 Å². The molecule has 1 N–H and O–H groups in total. The van der Waals surface area contributed by atoms with Gasteiger partial charge >= 0.3 is 0 Å². The molecule has 0 spiro atoms. The Bertz CT molecular complexity index is 801. The summed E-state index contributed by atoms with van der Waals surface area (Å²) >= 11 is 0. The van der Waals surface area contributed by atoms with Gasteiger partial charge in [-0.3, -0.25) is 9.71 Å². The van der Waals surface area contributed by atoms with E-state index < -0.39 is 21.7 Å². The number of nitrogens with zero attached hydrogens (tertiary/aromatic N) is 2. The lowest BCUT2D eigenvalue weighted by molar-refractivity contribution is 0.592. The van der Waals surface area contributed by atoms with Gasteiger partial charge < -0.3 is 0 Å². The number of hydrogen-bond acceptors (Lipinski definition) is 4. The first kappa shape index (κ1) is 13.9. The largest absolute Gasteiger partial charge is 0.280 e. The molecule has 0 aliphatic carbocycles. The number of anilines is 1. The van der Waals surface area contributed by atoms with Gasteiger partial charge in [-0.1, -0.05) is 0 Å². The first-order valence-electron chi connectivity index (χ1n) is 5.25. The molecule has 0 amide bonds. The number of hydrogen-bond donors (Lipinski definition) is 1. The number of aromatic nitrogens is 1. The number of pyridine rings is 1. The minimum atomic E-state index is -4.06. The van der Waals surface area contributed by atoms with Crippen molar-refractivity contribution in [3.63, 3.8) is 0 Å². The standard InChI is InChI=1S/C12H7F2N3O2S/c13-9-4-11(7-16-6-9)20(18,19)17-10-1-2-12(14)8(3-10)5-15/h1-4,6-7,17H. The van der Waals surface area contributed by atoms with E-state index in [1.807, 2.05) is 0 Å². The van der Waals surface area contributed by atoms with Crippen LogP contribution in [0.5, 0.6) is 0 Å². The highest BCUT2D eigenvalue weighted by Crippen LogP contribution is 2.18. The Kier molecular flexibility index (Phi) is 3.63. The third-order valence-electron chi connectivity index (χ3n) is 2.33. The van der Waals surface area contributed by atoms with E-state index in [0.29, 0.717) is 0 Å². The van der Waals surface area contributed by atoms with Crippen LogP contribution in [0.15, 0.2) is 41.6 Å². The summed E-state index contributed by atoms with van der Waals surface area (Å²) in [5, 5.41) is 8.67. The minimum absolute atomic E-state index is 0.00721. The lowest BCUT2D eigenvalue weighted by atomic mass is 10.2. The van der Waals surface area contributed by atoms with Crippen molar-refractivity contribution < 1.29 is 17.2 Å². The Morgan fingerprint density at radius 3 is 2.60 bits per heavy atom. The van der Waals surface area contributed by atoms with Gasteiger partial charge in [-0.2, -0.15) is 5.26 Å². The molecular weight excluding hydrogens is 288 g/mol. The lowest BCUT2D eigenvalue weighted by Gasteiger charge is -2.08. The molecule has 2 aromatic rings. The maximum Gasteiger partial charge on any atom is 0.263 e. The van der Waals surface area contributed by atoms with Crippen molar-refractivity contribution in [1.82, 2.24) is 4.98 Å². The van der Waals surface area contributed by atoms with Gasteiger partial charge in [-0.15, -0.1) is 0 Å². The number of halogens is 2. The third-order valence-corrected chi connectivity index (χ3v) is 3.68. The van der Waals surface area contributed by atoms with Crippen LogP contribution in [0, 0.1) is 23.0 Å². The first-order valence-corrected chi connectivity index (χ1v) is 6.74. The number of nitriles is 1. The summed E-state index contributed by atoms with van der Waals surface area (Å²) in [6.45, 7) is 0. The maximum absolute atomic E-state index is 13.1. The molecule has 1 aromatic carbocycles. The molecule has 102 valence electrons. The van der Waals surface area contributed by atoms with Crippen LogP contribution in [-0.4, -0.2) is 13.4 Å². The van der Waals surface area contributed by atoms with Crippen molar-refractivity contribution >= 4 is 15.7 Å². The molecule has 20 heavy (non-hydrogen) atoms. The van der Waals surface area contributed by atoms with Crippen molar-refractivity contribution in [2.24, 2.45) is 0 Å². The van der Waals surface area contributed by atoms with Crippen LogP contribution in [0.3, 0.4) is 0 Å². The second-order valence-electron chi connectivity index (χ2n) is 3.75. The van der Waals surface area contributed by atoms with E-state index >= 15 is 0 Å². The minimum Gasteiger partial charge on any atom is -0.280 e. The van der Waals surface area contributed by atoms with Crippen molar-refractivity contribution in [3.05, 3.63) is 53.9 Å². The summed E-state index contributed by atoms with van der Waals surface area (Å²) < 4.78 is 52.1. The van der Waals surface area contributed by atoms with E-state index in [9.17, 15) is 17.2 Å². The van der Waals surface area contributed by atoms with Crippen LogP contribution in [0.1, 0.15) is 5.56 Å². The second kappa shape index (κ2) is 5.22. The molecule has 0 fully saturated rings. The molecule has 1 aromatic heterocycles. The van der Waals surface area contributed by atoms with Crippen LogP contribution in [0.2, 0.25) is 0 Å². The van der Waals surface area contributed by atoms with Crippen LogP contribution in [0.4, 0.5) is 14.5 Å².